The maximum atomic E-state index is 12.0. The Bertz CT molecular complexity index is 405. The lowest BCUT2D eigenvalue weighted by molar-refractivity contribution is 0.675. The van der Waals surface area contributed by atoms with Crippen LogP contribution in [-0.4, -0.2) is 9.96 Å². The summed E-state index contributed by atoms with van der Waals surface area (Å²) in [6, 6.07) is 7.22. The topological polar surface area (TPSA) is 81.5 Å². The van der Waals surface area contributed by atoms with E-state index in [1.54, 1.807) is 19.1 Å². The van der Waals surface area contributed by atoms with Gasteiger partial charge in [0.15, 0.2) is 0 Å². The first-order valence-corrected chi connectivity index (χ1v) is 6.07. The highest BCUT2D eigenvalue weighted by Crippen LogP contribution is 2.13. The molecule has 0 radical (unpaired) electrons. The highest BCUT2D eigenvalue weighted by Gasteiger charge is 2.08. The van der Waals surface area contributed by atoms with E-state index in [1.165, 1.54) is 0 Å². The van der Waals surface area contributed by atoms with E-state index in [-0.39, 0.29) is 0 Å². The van der Waals surface area contributed by atoms with E-state index in [2.05, 4.69) is 4.47 Å². The maximum absolute atomic E-state index is 12.0. The van der Waals surface area contributed by atoms with Crippen molar-refractivity contribution >= 4 is 9.73 Å². The molecule has 0 bridgehead atoms. The number of rotatable bonds is 3. The van der Waals surface area contributed by atoms with Crippen molar-refractivity contribution in [3.63, 3.8) is 0 Å². The Morgan fingerprint density at radius 3 is 2.29 bits per heavy atom. The van der Waals surface area contributed by atoms with Crippen molar-refractivity contribution in [3.05, 3.63) is 29.8 Å². The van der Waals surface area contributed by atoms with E-state index < -0.39 is 9.73 Å². The predicted molar refractivity (Wildman–Crippen MR) is 57.9 cm³/mol. The van der Waals surface area contributed by atoms with Gasteiger partial charge < -0.3 is 5.73 Å². The zero-order valence-electron chi connectivity index (χ0n) is 8.14. The Morgan fingerprint density at radius 2 is 1.93 bits per heavy atom. The Labute approximate surface area is 84.5 Å². The first-order chi connectivity index (χ1) is 6.66. The average Bonchev–Trinajstić information content (AvgIpc) is 2.28. The van der Waals surface area contributed by atoms with Crippen LogP contribution in [0.2, 0.25) is 0 Å². The standard InChI is InChI=1S/C9H15N3OS/c1-2-14(13,12-11)9-5-3-8(7-10)4-6-9/h3-6H,2,7,10-11H2,1H3. The molecule has 0 aromatic heterocycles. The van der Waals surface area contributed by atoms with Gasteiger partial charge in [-0.15, -0.1) is 4.47 Å². The van der Waals surface area contributed by atoms with Crippen molar-refractivity contribution in [1.82, 2.24) is 0 Å². The van der Waals surface area contributed by atoms with Crippen molar-refractivity contribution in [1.29, 1.82) is 0 Å². The van der Waals surface area contributed by atoms with Crippen LogP contribution in [-0.2, 0) is 16.3 Å². The predicted octanol–water partition coefficient (Wildman–Crippen LogP) is 0.866. The first-order valence-electron chi connectivity index (χ1n) is 4.39. The van der Waals surface area contributed by atoms with Crippen LogP contribution in [0, 0.1) is 0 Å². The van der Waals surface area contributed by atoms with Crippen LogP contribution in [0.1, 0.15) is 12.5 Å². The van der Waals surface area contributed by atoms with Crippen LogP contribution >= 0.6 is 0 Å². The SMILES string of the molecule is CCS(=O)(=NN)c1ccc(CN)cc1. The molecule has 1 aromatic rings. The Morgan fingerprint density at radius 1 is 1.36 bits per heavy atom. The van der Waals surface area contributed by atoms with Crippen LogP contribution in [0.3, 0.4) is 0 Å². The molecule has 0 aliphatic carbocycles. The monoisotopic (exact) mass is 213 g/mol. The molecule has 0 saturated heterocycles. The number of hydrogen-bond donors (Lipinski definition) is 2. The minimum Gasteiger partial charge on any atom is -0.326 e. The molecule has 4 nitrogen and oxygen atoms in total. The first kappa shape index (κ1) is 11.2. The Kier molecular flexibility index (Phi) is 3.62. The highest BCUT2D eigenvalue weighted by atomic mass is 32.2. The van der Waals surface area contributed by atoms with Crippen molar-refractivity contribution < 1.29 is 4.21 Å². The van der Waals surface area contributed by atoms with Gasteiger partial charge in [0, 0.05) is 17.2 Å². The third-order valence-electron chi connectivity index (χ3n) is 2.09. The number of benzene rings is 1. The average molecular weight is 213 g/mol. The fourth-order valence-corrected chi connectivity index (χ4v) is 2.31. The minimum atomic E-state index is -2.41. The summed E-state index contributed by atoms with van der Waals surface area (Å²) in [5.41, 5.74) is 6.46. The van der Waals surface area contributed by atoms with Gasteiger partial charge >= 0.3 is 0 Å². The summed E-state index contributed by atoms with van der Waals surface area (Å²) < 4.78 is 15.5. The zero-order valence-corrected chi connectivity index (χ0v) is 8.96. The summed E-state index contributed by atoms with van der Waals surface area (Å²) in [6.07, 6.45) is 0. The summed E-state index contributed by atoms with van der Waals surface area (Å²) in [6.45, 7) is 2.28. The van der Waals surface area contributed by atoms with Crippen molar-refractivity contribution in [2.75, 3.05) is 5.75 Å². The van der Waals surface area contributed by atoms with Crippen molar-refractivity contribution in [2.24, 2.45) is 16.0 Å². The molecule has 0 amide bonds. The molecule has 4 N–H and O–H groups in total. The number of nitrogens with zero attached hydrogens (tertiary/aromatic N) is 1. The van der Waals surface area contributed by atoms with Gasteiger partial charge in [-0.2, -0.15) is 0 Å². The molecule has 5 heteroatoms. The second kappa shape index (κ2) is 4.54. The van der Waals surface area contributed by atoms with Crippen molar-refractivity contribution in [3.8, 4) is 0 Å². The van der Waals surface area contributed by atoms with E-state index in [0.29, 0.717) is 17.2 Å². The third-order valence-corrected chi connectivity index (χ3v) is 4.22. The summed E-state index contributed by atoms with van der Waals surface area (Å²) in [7, 11) is -2.41. The second-order valence-electron chi connectivity index (χ2n) is 2.88. The van der Waals surface area contributed by atoms with Gasteiger partial charge in [0.1, 0.15) is 0 Å². The molecule has 1 unspecified atom stereocenters. The summed E-state index contributed by atoms with van der Waals surface area (Å²) >= 11 is 0. The van der Waals surface area contributed by atoms with Crippen LogP contribution < -0.4 is 11.6 Å². The van der Waals surface area contributed by atoms with Gasteiger partial charge in [-0.05, 0) is 17.7 Å². The van der Waals surface area contributed by atoms with E-state index in [1.807, 2.05) is 12.1 Å². The van der Waals surface area contributed by atoms with E-state index in [4.69, 9.17) is 11.6 Å². The quantitative estimate of drug-likeness (QED) is 0.577. The molecule has 0 saturated carbocycles. The zero-order chi connectivity index (χ0) is 10.6. The molecule has 0 aliphatic heterocycles. The molecule has 1 aromatic carbocycles. The van der Waals surface area contributed by atoms with E-state index >= 15 is 0 Å². The molecule has 1 rings (SSSR count). The maximum Gasteiger partial charge on any atom is 0.0910 e. The van der Waals surface area contributed by atoms with Crippen molar-refractivity contribution in [2.45, 2.75) is 18.4 Å². The summed E-state index contributed by atoms with van der Waals surface area (Å²) in [5.74, 6) is 5.57. The second-order valence-corrected chi connectivity index (χ2v) is 5.42. The molecular weight excluding hydrogens is 198 g/mol. The molecular formula is C9H15N3OS. The van der Waals surface area contributed by atoms with Crippen LogP contribution in [0.15, 0.2) is 33.6 Å². The number of hydrogen-bond acceptors (Lipinski definition) is 3. The highest BCUT2D eigenvalue weighted by molar-refractivity contribution is 7.93. The molecule has 1 atom stereocenters. The smallest absolute Gasteiger partial charge is 0.0910 e. The largest absolute Gasteiger partial charge is 0.326 e. The lowest BCUT2D eigenvalue weighted by Gasteiger charge is -2.06. The minimum absolute atomic E-state index is 0.422. The fourth-order valence-electron chi connectivity index (χ4n) is 1.14. The lowest BCUT2D eigenvalue weighted by atomic mass is 10.2. The summed E-state index contributed by atoms with van der Waals surface area (Å²) in [5, 5.41) is 0. The van der Waals surface area contributed by atoms with Gasteiger partial charge in [0.05, 0.1) is 9.73 Å². The molecule has 0 heterocycles. The molecule has 0 aliphatic rings. The van der Waals surface area contributed by atoms with Gasteiger partial charge in [-0.1, -0.05) is 19.1 Å². The Balaban J connectivity index is 3.15. The molecule has 78 valence electrons. The van der Waals surface area contributed by atoms with Gasteiger partial charge in [0.2, 0.25) is 0 Å². The number of nitrogens with two attached hydrogens (primary N) is 2. The molecule has 0 fully saturated rings. The van der Waals surface area contributed by atoms with E-state index in [0.717, 1.165) is 5.56 Å². The normalized spacial score (nSPS) is 14.8. The van der Waals surface area contributed by atoms with Gasteiger partial charge in [-0.3, -0.25) is 0 Å². The third kappa shape index (κ3) is 2.12. The van der Waals surface area contributed by atoms with Crippen LogP contribution in [0.4, 0.5) is 0 Å². The summed E-state index contributed by atoms with van der Waals surface area (Å²) in [4.78, 5) is 0.666. The van der Waals surface area contributed by atoms with Crippen LogP contribution in [0.25, 0.3) is 0 Å². The van der Waals surface area contributed by atoms with Crippen LogP contribution in [0.5, 0.6) is 0 Å². The molecule has 14 heavy (non-hydrogen) atoms. The lowest BCUT2D eigenvalue weighted by Crippen LogP contribution is -2.07. The van der Waals surface area contributed by atoms with Gasteiger partial charge in [-0.25, -0.2) is 10.1 Å². The van der Waals surface area contributed by atoms with E-state index in [9.17, 15) is 4.21 Å². The fraction of sp³-hybridized carbons (Fsp3) is 0.333. The Hall–Kier alpha value is -0.910. The van der Waals surface area contributed by atoms with Gasteiger partial charge in [0.25, 0.3) is 0 Å². The molecule has 0 spiro atoms.